The van der Waals surface area contributed by atoms with Crippen molar-refractivity contribution in [3.63, 3.8) is 0 Å². The fourth-order valence-corrected chi connectivity index (χ4v) is 1.77. The van der Waals surface area contributed by atoms with Crippen molar-refractivity contribution in [3.8, 4) is 5.75 Å². The Morgan fingerprint density at radius 3 is 2.79 bits per heavy atom. The number of para-hydroxylation sites is 1. The predicted octanol–water partition coefficient (Wildman–Crippen LogP) is 2.81. The molecule has 1 radical (unpaired) electrons. The van der Waals surface area contributed by atoms with Crippen LogP contribution in [0.4, 0.5) is 0 Å². The van der Waals surface area contributed by atoms with Crippen LogP contribution in [0.1, 0.15) is 13.3 Å². The van der Waals surface area contributed by atoms with Gasteiger partial charge in [-0.2, -0.15) is 0 Å². The average Bonchev–Trinajstić information content (AvgIpc) is 2.17. The quantitative estimate of drug-likeness (QED) is 0.548. The summed E-state index contributed by atoms with van der Waals surface area (Å²) < 4.78 is 7.79. The maximum atomic E-state index is 5.74. The largest absolute Gasteiger partial charge is 0.478 e. The van der Waals surface area contributed by atoms with Crippen molar-refractivity contribution < 1.29 is 4.74 Å². The van der Waals surface area contributed by atoms with Crippen LogP contribution in [-0.4, -0.2) is 23.8 Å². The first-order valence-corrected chi connectivity index (χ1v) is 5.53. The number of hydrogen-bond donors (Lipinski definition) is 0. The van der Waals surface area contributed by atoms with E-state index in [9.17, 15) is 0 Å². The van der Waals surface area contributed by atoms with Crippen LogP contribution in [-0.2, 0) is 0 Å². The molecule has 0 fully saturated rings. The van der Waals surface area contributed by atoms with Crippen molar-refractivity contribution >= 4 is 11.9 Å². The summed E-state index contributed by atoms with van der Waals surface area (Å²) in [6.07, 6.45) is 0.978. The lowest BCUT2D eigenvalue weighted by Gasteiger charge is -2.19. The highest BCUT2D eigenvalue weighted by Gasteiger charge is 2.09. The Morgan fingerprint density at radius 2 is 2.29 bits per heavy atom. The van der Waals surface area contributed by atoms with Gasteiger partial charge in [0.25, 0.3) is 0 Å². The summed E-state index contributed by atoms with van der Waals surface area (Å²) in [5, 5.41) is 0. The van der Waals surface area contributed by atoms with Crippen LogP contribution in [0.2, 0.25) is 0 Å². The molecular formula is C11H16NOS. The van der Waals surface area contributed by atoms with E-state index in [2.05, 4.69) is 17.3 Å². The molecule has 0 saturated heterocycles. The van der Waals surface area contributed by atoms with Gasteiger partial charge in [-0.15, -0.1) is 0 Å². The fourth-order valence-electron chi connectivity index (χ4n) is 1.01. The highest BCUT2D eigenvalue weighted by atomic mass is 32.2. The minimum Gasteiger partial charge on any atom is -0.478 e. The molecule has 0 spiro atoms. The van der Waals surface area contributed by atoms with Crippen LogP contribution in [0.15, 0.2) is 24.3 Å². The standard InChI is InChI=1S/C11H16NOS/c1-4-11(14-12(2)3)13-10-8-6-5-7-9-10/h5-8,11H,4H2,1-3H3. The molecular weight excluding hydrogens is 194 g/mol. The van der Waals surface area contributed by atoms with E-state index in [0.717, 1.165) is 12.2 Å². The van der Waals surface area contributed by atoms with E-state index in [1.165, 1.54) is 0 Å². The van der Waals surface area contributed by atoms with Crippen LogP contribution in [0.5, 0.6) is 5.75 Å². The van der Waals surface area contributed by atoms with E-state index >= 15 is 0 Å². The van der Waals surface area contributed by atoms with E-state index in [0.29, 0.717) is 0 Å². The Kier molecular flexibility index (Phi) is 4.84. The number of rotatable bonds is 5. The Morgan fingerprint density at radius 1 is 1.50 bits per heavy atom. The SMILES string of the molecule is CCC(Oc1[c]cccc1)SN(C)C. The molecule has 0 aliphatic heterocycles. The van der Waals surface area contributed by atoms with Crippen LogP contribution in [0, 0.1) is 6.07 Å². The van der Waals surface area contributed by atoms with E-state index in [1.54, 1.807) is 11.9 Å². The molecule has 3 heteroatoms. The maximum Gasteiger partial charge on any atom is 0.158 e. The second-order valence-electron chi connectivity index (χ2n) is 3.10. The number of ether oxygens (including phenoxy) is 1. The molecule has 14 heavy (non-hydrogen) atoms. The lowest BCUT2D eigenvalue weighted by atomic mass is 10.3. The normalized spacial score (nSPS) is 12.9. The molecule has 0 aliphatic carbocycles. The molecule has 0 N–H and O–H groups in total. The Balaban J connectivity index is 2.48. The molecule has 77 valence electrons. The third-order valence-electron chi connectivity index (χ3n) is 1.60. The van der Waals surface area contributed by atoms with Crippen LogP contribution in [0.25, 0.3) is 0 Å². The van der Waals surface area contributed by atoms with Gasteiger partial charge >= 0.3 is 0 Å². The zero-order chi connectivity index (χ0) is 10.4. The van der Waals surface area contributed by atoms with Gasteiger partial charge in [-0.25, -0.2) is 0 Å². The average molecular weight is 210 g/mol. The zero-order valence-corrected chi connectivity index (χ0v) is 9.67. The Bertz CT molecular complexity index is 251. The van der Waals surface area contributed by atoms with Gasteiger partial charge in [0, 0.05) is 6.07 Å². The second kappa shape index (κ2) is 5.94. The van der Waals surface area contributed by atoms with Crippen molar-refractivity contribution in [2.75, 3.05) is 14.1 Å². The molecule has 1 aromatic carbocycles. The molecule has 2 nitrogen and oxygen atoms in total. The van der Waals surface area contributed by atoms with Crippen molar-refractivity contribution in [2.45, 2.75) is 18.8 Å². The van der Waals surface area contributed by atoms with Gasteiger partial charge in [0.15, 0.2) is 5.44 Å². The van der Waals surface area contributed by atoms with E-state index in [4.69, 9.17) is 4.74 Å². The summed E-state index contributed by atoms with van der Waals surface area (Å²) >= 11 is 1.69. The van der Waals surface area contributed by atoms with Crippen molar-refractivity contribution in [2.24, 2.45) is 0 Å². The molecule has 0 amide bonds. The maximum absolute atomic E-state index is 5.74. The van der Waals surface area contributed by atoms with Gasteiger partial charge in [0.05, 0.1) is 0 Å². The third-order valence-corrected chi connectivity index (χ3v) is 2.69. The summed E-state index contributed by atoms with van der Waals surface area (Å²) in [4.78, 5) is 0. The highest BCUT2D eigenvalue weighted by Crippen LogP contribution is 2.21. The number of nitrogens with zero attached hydrogens (tertiary/aromatic N) is 1. The predicted molar refractivity (Wildman–Crippen MR) is 61.3 cm³/mol. The van der Waals surface area contributed by atoms with Gasteiger partial charge in [-0.3, -0.25) is 4.31 Å². The lowest BCUT2D eigenvalue weighted by molar-refractivity contribution is 0.279. The minimum absolute atomic E-state index is 0.170. The first-order valence-electron chi connectivity index (χ1n) is 4.70. The minimum atomic E-state index is 0.170. The van der Waals surface area contributed by atoms with Crippen LogP contribution in [0.3, 0.4) is 0 Å². The van der Waals surface area contributed by atoms with Crippen LogP contribution >= 0.6 is 11.9 Å². The monoisotopic (exact) mass is 210 g/mol. The molecule has 1 unspecified atom stereocenters. The smallest absolute Gasteiger partial charge is 0.158 e. The summed E-state index contributed by atoms with van der Waals surface area (Å²) in [5.74, 6) is 0.814. The first-order chi connectivity index (χ1) is 6.72. The first kappa shape index (κ1) is 11.4. The van der Waals surface area contributed by atoms with Crippen molar-refractivity contribution in [3.05, 3.63) is 30.3 Å². The molecule has 1 aromatic rings. The molecule has 0 saturated carbocycles. The topological polar surface area (TPSA) is 12.5 Å². The summed E-state index contributed by atoms with van der Waals surface area (Å²) in [6.45, 7) is 2.12. The Hall–Kier alpha value is -0.670. The van der Waals surface area contributed by atoms with Crippen molar-refractivity contribution in [1.29, 1.82) is 0 Å². The summed E-state index contributed by atoms with van der Waals surface area (Å²) in [6, 6.07) is 10.7. The zero-order valence-electron chi connectivity index (χ0n) is 8.86. The van der Waals surface area contributed by atoms with Crippen LogP contribution < -0.4 is 4.74 Å². The molecule has 1 atom stereocenters. The van der Waals surface area contributed by atoms with Gasteiger partial charge in [-0.1, -0.05) is 25.1 Å². The molecule has 0 bridgehead atoms. The number of benzene rings is 1. The van der Waals surface area contributed by atoms with E-state index in [1.807, 2.05) is 38.4 Å². The van der Waals surface area contributed by atoms with Gasteiger partial charge in [-0.05, 0) is 38.5 Å². The van der Waals surface area contributed by atoms with Gasteiger partial charge < -0.3 is 4.74 Å². The van der Waals surface area contributed by atoms with E-state index < -0.39 is 0 Å². The molecule has 0 aliphatic rings. The molecule has 0 heterocycles. The lowest BCUT2D eigenvalue weighted by Crippen LogP contribution is -2.16. The molecule has 1 rings (SSSR count). The third kappa shape index (κ3) is 4.03. The highest BCUT2D eigenvalue weighted by molar-refractivity contribution is 7.97. The second-order valence-corrected chi connectivity index (χ2v) is 4.57. The number of hydrogen-bond acceptors (Lipinski definition) is 3. The molecule has 0 aromatic heterocycles. The summed E-state index contributed by atoms with van der Waals surface area (Å²) in [5.41, 5.74) is 0.170. The van der Waals surface area contributed by atoms with Crippen molar-refractivity contribution in [1.82, 2.24) is 4.31 Å². The Labute approximate surface area is 90.4 Å². The van der Waals surface area contributed by atoms with Gasteiger partial charge in [0.1, 0.15) is 5.75 Å². The summed E-state index contributed by atoms with van der Waals surface area (Å²) in [7, 11) is 4.04. The van der Waals surface area contributed by atoms with Gasteiger partial charge in [0.2, 0.25) is 0 Å². The van der Waals surface area contributed by atoms with E-state index in [-0.39, 0.29) is 5.44 Å². The fraction of sp³-hybridized carbons (Fsp3) is 0.455.